The molecule has 0 spiro atoms. The van der Waals surface area contributed by atoms with Crippen molar-refractivity contribution in [2.45, 2.75) is 0 Å². The van der Waals surface area contributed by atoms with E-state index in [1.54, 1.807) is 200 Å². The molecular weight excluding hydrogens is 1560 g/mol. The Kier molecular flexibility index (Phi) is 20.4. The smallest absolute Gasteiger partial charge is 0.198 e. The first-order valence-corrected chi connectivity index (χ1v) is 36.8. The predicted octanol–water partition coefficient (Wildman–Crippen LogP) is 20.5. The Balaban J connectivity index is 1.18. The molecule has 120 heavy (non-hydrogen) atoms. The lowest BCUT2D eigenvalue weighted by Crippen LogP contribution is -2.33. The minimum Gasteiger partial charge on any atom is -0.497 e. The average molecular weight is 1630 g/mol. The van der Waals surface area contributed by atoms with Crippen molar-refractivity contribution in [2.75, 3.05) is 99.5 Å². The van der Waals surface area contributed by atoms with Crippen LogP contribution in [0.2, 0.25) is 0 Å². The van der Waals surface area contributed by atoms with Gasteiger partial charge < -0.3 is 90.1 Å². The second-order valence-corrected chi connectivity index (χ2v) is 27.1. The summed E-state index contributed by atoms with van der Waals surface area (Å²) in [4.78, 5) is 29.6. The van der Waals surface area contributed by atoms with E-state index in [9.17, 15) is 0 Å². The third-order valence-corrected chi connectivity index (χ3v) is 20.0. The molecule has 32 heteroatoms. The zero-order valence-corrected chi connectivity index (χ0v) is 64.6. The Morgan fingerprint density at radius 3 is 0.867 bits per heavy atom. The van der Waals surface area contributed by atoms with Crippen molar-refractivity contribution in [2.24, 2.45) is 20.0 Å². The normalized spacial score (nSPS) is 11.6. The summed E-state index contributed by atoms with van der Waals surface area (Å²) in [5.74, 6) is -16.4. The molecule has 0 radical (unpaired) electrons. The number of nitrogens with zero attached hydrogens (tertiary/aromatic N) is 5. The zero-order valence-electron chi connectivity index (χ0n) is 64.6. The molecule has 8 bridgehead atoms. The zero-order chi connectivity index (χ0) is 83.3. The molecule has 0 fully saturated rings. The quantitative estimate of drug-likeness (QED) is 0.0152. The van der Waals surface area contributed by atoms with E-state index in [-0.39, 0.29) is 89.7 Å². The maximum Gasteiger partial charge on any atom is 0.198 e. The molecule has 0 unspecified atom stereocenters. The summed E-state index contributed by atoms with van der Waals surface area (Å²) in [6.45, 7) is 0. The second kappa shape index (κ2) is 31.8. The third kappa shape index (κ3) is 14.1. The number of aromatic amines is 3. The van der Waals surface area contributed by atoms with Crippen LogP contribution >= 0.6 is 0 Å². The molecule has 4 aromatic heterocycles. The number of halogens is 8. The lowest BCUT2D eigenvalue weighted by Gasteiger charge is -2.25. The number of benzene rings is 12. The molecule has 24 nitrogen and oxygen atoms in total. The van der Waals surface area contributed by atoms with E-state index >= 15 is 35.1 Å². The first-order valence-electron chi connectivity index (χ1n) is 36.8. The molecule has 16 aromatic rings. The van der Waals surface area contributed by atoms with Gasteiger partial charge in [0.2, 0.25) is 0 Å². The minimum atomic E-state index is -2.33. The summed E-state index contributed by atoms with van der Waals surface area (Å²) in [6.07, 6.45) is 0. The van der Waals surface area contributed by atoms with Gasteiger partial charge in [-0.3, -0.25) is 5.43 Å². The Morgan fingerprint density at radius 2 is 0.517 bits per heavy atom. The van der Waals surface area contributed by atoms with Gasteiger partial charge in [-0.05, 0) is 103 Å². The second-order valence-electron chi connectivity index (χ2n) is 27.1. The topological polar surface area (TPSA) is 272 Å². The van der Waals surface area contributed by atoms with E-state index in [2.05, 4.69) is 62.6 Å². The van der Waals surface area contributed by atoms with Crippen molar-refractivity contribution in [3.8, 4) is 46.0 Å². The Bertz CT molecular complexity index is 7100. The molecule has 0 amide bonds. The average Bonchev–Trinajstić information content (AvgIpc) is 1.53. The minimum absolute atomic E-state index is 0.0109. The molecule has 5 heterocycles. The predicted molar refractivity (Wildman–Crippen MR) is 446 cm³/mol. The standard InChI is InChI=1S/C88H68F8N16O8/c1-113-50-25-9-17-42(33-50)97-59-41-58-60(76(99-44-19-11-27-52(35-44)115-3)75(59)98-43-18-10-26-51(34-43)114-2)82-104-81(58)105-83-61-62(68(90)72(94)71(93)67(61)89)84(106-83)107-85-63-64(70(92)74(96)73(95)69(63)91)86(108-85)110-88-66-65(87(109-82)112(88)111-49-24-16-32-57(40-49)120-8)77(100-45-20-12-28-53(36-45)116-4)79(102-47-22-14-30-55(38-47)118-6)80(103-48-23-15-31-56(39-48)119-7)78(66)101-46-21-13-29-54(37-46)117-5/h9-41,97-103,111H,1-8H3,(H3,104,105,106,107,108,109,110). The van der Waals surface area contributed by atoms with Gasteiger partial charge in [0.1, 0.15) is 80.2 Å². The fourth-order valence-electron chi connectivity index (χ4n) is 14.4. The number of fused-ring (bicyclic) bond motifs is 20. The molecule has 17 rings (SSSR count). The fourth-order valence-corrected chi connectivity index (χ4v) is 14.4. The lowest BCUT2D eigenvalue weighted by molar-refractivity contribution is 0.415. The maximum atomic E-state index is 17.9. The van der Waals surface area contributed by atoms with E-state index in [0.29, 0.717) is 85.8 Å². The van der Waals surface area contributed by atoms with Gasteiger partial charge in [-0.2, -0.15) is 0 Å². The molecule has 604 valence electrons. The largest absolute Gasteiger partial charge is 0.497 e. The summed E-state index contributed by atoms with van der Waals surface area (Å²) in [7, 11) is 12.0. The highest BCUT2D eigenvalue weighted by Gasteiger charge is 2.34. The van der Waals surface area contributed by atoms with Gasteiger partial charge >= 0.3 is 0 Å². The van der Waals surface area contributed by atoms with Crippen molar-refractivity contribution in [3.63, 3.8) is 0 Å². The molecule has 0 saturated heterocycles. The number of nitrogens with one attached hydrogen (secondary N) is 11. The Morgan fingerprint density at radius 1 is 0.250 bits per heavy atom. The summed E-state index contributed by atoms with van der Waals surface area (Å²) in [5.41, 5.74) is 5.67. The number of hydrogen-bond acceptors (Lipinski definition) is 20. The van der Waals surface area contributed by atoms with Gasteiger partial charge in [-0.1, -0.05) is 48.5 Å². The Labute approximate surface area is 675 Å². The van der Waals surface area contributed by atoms with Gasteiger partial charge in [-0.25, -0.2) is 59.8 Å². The molecule has 0 aliphatic carbocycles. The van der Waals surface area contributed by atoms with Crippen LogP contribution in [0.3, 0.4) is 0 Å². The van der Waals surface area contributed by atoms with Crippen molar-refractivity contribution >= 4 is 152 Å². The van der Waals surface area contributed by atoms with Crippen molar-refractivity contribution in [3.05, 3.63) is 269 Å². The van der Waals surface area contributed by atoms with Crippen LogP contribution < -0.4 is 102 Å². The Hall–Kier alpha value is -15.8. The molecule has 1 aliphatic rings. The van der Waals surface area contributed by atoms with Crippen molar-refractivity contribution < 1.29 is 73.0 Å². The highest BCUT2D eigenvalue weighted by atomic mass is 19.2. The van der Waals surface area contributed by atoms with Crippen molar-refractivity contribution in [1.82, 2.24) is 19.6 Å². The molecular formula is C88H68F8N16O8. The third-order valence-electron chi connectivity index (χ3n) is 20.0. The van der Waals surface area contributed by atoms with Crippen LogP contribution in [0.5, 0.6) is 46.0 Å². The number of H-pyrrole nitrogens is 3. The summed E-state index contributed by atoms with van der Waals surface area (Å²) < 4.78 is 184. The van der Waals surface area contributed by atoms with E-state index in [1.165, 1.54) is 61.6 Å². The van der Waals surface area contributed by atoms with E-state index < -0.39 is 90.7 Å². The summed E-state index contributed by atoms with van der Waals surface area (Å²) in [5, 5.41) is 21.5. The number of aromatic nitrogens is 4. The van der Waals surface area contributed by atoms with Crippen LogP contribution in [0, 0.1) is 46.5 Å². The first-order chi connectivity index (χ1) is 58.3. The summed E-state index contributed by atoms with van der Waals surface area (Å²) in [6, 6.07) is 57.2. The van der Waals surface area contributed by atoms with Crippen LogP contribution in [-0.2, 0) is 0 Å². The van der Waals surface area contributed by atoms with Gasteiger partial charge in [0.05, 0.1) is 140 Å². The molecule has 11 N–H and O–H groups in total. The first kappa shape index (κ1) is 76.8. The highest BCUT2D eigenvalue weighted by Crippen LogP contribution is 2.53. The van der Waals surface area contributed by atoms with Crippen LogP contribution in [0.4, 0.5) is 144 Å². The number of hydrogen-bond donors (Lipinski definition) is 11. The van der Waals surface area contributed by atoms with Gasteiger partial charge in [0, 0.05) is 93.7 Å². The summed E-state index contributed by atoms with van der Waals surface area (Å²) >= 11 is 0. The number of ether oxygens (including phenoxy) is 8. The van der Waals surface area contributed by atoms with Gasteiger partial charge in [0.15, 0.2) is 57.5 Å². The number of anilines is 15. The van der Waals surface area contributed by atoms with E-state index in [0.717, 1.165) is 0 Å². The number of methoxy groups -OCH3 is 8. The maximum absolute atomic E-state index is 17.9. The van der Waals surface area contributed by atoms with Crippen LogP contribution in [0.15, 0.2) is 220 Å². The van der Waals surface area contributed by atoms with E-state index in [1.807, 2.05) is 0 Å². The van der Waals surface area contributed by atoms with Gasteiger partial charge in [-0.15, -0.1) is 0 Å². The SMILES string of the molecule is COc1cccc(Nc2cc3c4[nH]c(c3c(Nc3cccc(OC)c3)c2Nc2cccc(OC)c2)N=c2c3c(Nc5cccc(OC)c5)c(Nc5cccc(OC)c5)c(Nc5cccc(OC)c5)c(Nc5cccc(OC)c5)c3c(n2Nc2cccc(OC)c2)=Nc2[nH]c(c3c(F)c(F)c(F)c(F)c23)N=c2[nH]c(c3c(F)c(F)c(F)c(F)c23)=N4)c1. The monoisotopic (exact) mass is 1630 g/mol. The fraction of sp³-hybridized carbons (Fsp3) is 0.0909. The number of rotatable bonds is 24. The molecule has 0 saturated carbocycles. The molecule has 1 aliphatic heterocycles. The van der Waals surface area contributed by atoms with Crippen LogP contribution in [0.1, 0.15) is 0 Å². The van der Waals surface area contributed by atoms with Crippen LogP contribution in [0.25, 0.3) is 43.1 Å². The van der Waals surface area contributed by atoms with Crippen molar-refractivity contribution in [1.29, 1.82) is 0 Å². The van der Waals surface area contributed by atoms with Crippen LogP contribution in [-0.4, -0.2) is 76.5 Å². The van der Waals surface area contributed by atoms with E-state index in [4.69, 9.17) is 52.9 Å². The molecule has 0 atom stereocenters. The molecule has 12 aromatic carbocycles. The van der Waals surface area contributed by atoms with Gasteiger partial charge in [0.25, 0.3) is 0 Å². The lowest BCUT2D eigenvalue weighted by atomic mass is 10.0. The highest BCUT2D eigenvalue weighted by molar-refractivity contribution is 6.19.